The largest absolute Gasteiger partial charge is 0.352 e. The molecule has 0 unspecified atom stereocenters. The number of amides is 1. The van der Waals surface area contributed by atoms with Gasteiger partial charge in [0.05, 0.1) is 24.1 Å². The minimum Gasteiger partial charge on any atom is -0.352 e. The van der Waals surface area contributed by atoms with Crippen molar-refractivity contribution in [2.45, 2.75) is 19.3 Å². The van der Waals surface area contributed by atoms with Gasteiger partial charge in [0.25, 0.3) is 0 Å². The predicted molar refractivity (Wildman–Crippen MR) is 96.1 cm³/mol. The zero-order valence-electron chi connectivity index (χ0n) is 13.7. The summed E-state index contributed by atoms with van der Waals surface area (Å²) in [6.07, 6.45) is 4.77. The van der Waals surface area contributed by atoms with E-state index in [0.29, 0.717) is 18.4 Å². The van der Waals surface area contributed by atoms with Crippen molar-refractivity contribution in [2.75, 3.05) is 6.54 Å². The summed E-state index contributed by atoms with van der Waals surface area (Å²) in [5.74, 6) is -0.296. The first kappa shape index (κ1) is 15.6. The molecule has 1 aromatic heterocycles. The van der Waals surface area contributed by atoms with Gasteiger partial charge >= 0.3 is 0 Å². The second kappa shape index (κ2) is 6.51. The maximum absolute atomic E-state index is 14.6. The summed E-state index contributed by atoms with van der Waals surface area (Å²) < 4.78 is 16.4. The van der Waals surface area contributed by atoms with Gasteiger partial charge < -0.3 is 5.32 Å². The van der Waals surface area contributed by atoms with Gasteiger partial charge in [-0.2, -0.15) is 5.10 Å². The van der Waals surface area contributed by atoms with Crippen LogP contribution in [0.15, 0.2) is 54.5 Å². The molecule has 25 heavy (non-hydrogen) atoms. The van der Waals surface area contributed by atoms with Crippen LogP contribution < -0.4 is 5.32 Å². The lowest BCUT2D eigenvalue weighted by Crippen LogP contribution is -2.16. The zero-order chi connectivity index (χ0) is 17.2. The van der Waals surface area contributed by atoms with Crippen molar-refractivity contribution in [1.82, 2.24) is 15.1 Å². The lowest BCUT2D eigenvalue weighted by Gasteiger charge is -2.19. The molecule has 4 rings (SSSR count). The van der Waals surface area contributed by atoms with Gasteiger partial charge in [0.15, 0.2) is 0 Å². The van der Waals surface area contributed by atoms with Crippen molar-refractivity contribution in [3.63, 3.8) is 0 Å². The lowest BCUT2D eigenvalue weighted by molar-refractivity contribution is -0.109. The Hall–Kier alpha value is -2.95. The third-order valence-electron chi connectivity index (χ3n) is 4.65. The molecule has 5 heteroatoms. The topological polar surface area (TPSA) is 46.9 Å². The Kier molecular flexibility index (Phi) is 4.06. The number of nitrogens with zero attached hydrogens (tertiary/aromatic N) is 2. The molecular weight excluding hydrogens is 317 g/mol. The van der Waals surface area contributed by atoms with Gasteiger partial charge in [0.2, 0.25) is 6.41 Å². The van der Waals surface area contributed by atoms with Gasteiger partial charge in [0.1, 0.15) is 5.83 Å². The Morgan fingerprint density at radius 2 is 2.04 bits per heavy atom. The number of hydrogen-bond donors (Lipinski definition) is 1. The smallest absolute Gasteiger partial charge is 0.207 e. The molecule has 0 fully saturated rings. The van der Waals surface area contributed by atoms with Gasteiger partial charge in [-0.25, -0.2) is 9.07 Å². The minimum atomic E-state index is -0.296. The van der Waals surface area contributed by atoms with Gasteiger partial charge in [-0.05, 0) is 47.7 Å². The van der Waals surface area contributed by atoms with Crippen LogP contribution in [-0.2, 0) is 11.2 Å². The van der Waals surface area contributed by atoms with Crippen LogP contribution in [0.5, 0.6) is 0 Å². The molecule has 0 bridgehead atoms. The van der Waals surface area contributed by atoms with Crippen molar-refractivity contribution in [3.8, 4) is 5.69 Å². The van der Waals surface area contributed by atoms with E-state index in [9.17, 15) is 9.18 Å². The van der Waals surface area contributed by atoms with E-state index in [4.69, 9.17) is 0 Å². The number of carbonyl (C=O) groups excluding carboxylic acids is 1. The van der Waals surface area contributed by atoms with E-state index in [1.54, 1.807) is 0 Å². The molecule has 4 nitrogen and oxygen atoms in total. The Balaban J connectivity index is 1.84. The standard InChI is InChI=1S/C20H18FN3O/c21-19(12-22-13-25)18-7-3-6-16-11-23-24(20(16)18)17-9-8-14-4-1-2-5-15(14)10-17/h1-2,4-5,8-11,13H,3,6-7,12H2,(H,22,25)/b19-18-. The number of allylic oxidation sites excluding steroid dienone is 1. The summed E-state index contributed by atoms with van der Waals surface area (Å²) in [6, 6.07) is 14.2. The van der Waals surface area contributed by atoms with Crippen LogP contribution >= 0.6 is 0 Å². The van der Waals surface area contributed by atoms with E-state index in [2.05, 4.69) is 34.7 Å². The third-order valence-corrected chi connectivity index (χ3v) is 4.65. The third kappa shape index (κ3) is 2.82. The number of rotatable bonds is 4. The highest BCUT2D eigenvalue weighted by Gasteiger charge is 2.23. The van der Waals surface area contributed by atoms with E-state index in [0.717, 1.165) is 40.6 Å². The molecule has 0 aliphatic heterocycles. The van der Waals surface area contributed by atoms with Gasteiger partial charge in [-0.3, -0.25) is 4.79 Å². The maximum Gasteiger partial charge on any atom is 0.207 e. The van der Waals surface area contributed by atoms with E-state index < -0.39 is 0 Å². The quantitative estimate of drug-likeness (QED) is 0.738. The van der Waals surface area contributed by atoms with Gasteiger partial charge in [-0.1, -0.05) is 30.3 Å². The van der Waals surface area contributed by atoms with Crippen LogP contribution in [-0.4, -0.2) is 22.7 Å². The molecule has 0 atom stereocenters. The highest BCUT2D eigenvalue weighted by molar-refractivity contribution is 5.84. The SMILES string of the molecule is O=CNC/C(F)=C1\CCCc2cnn(-c3ccc4ccccc4c3)c21. The predicted octanol–water partition coefficient (Wildman–Crippen LogP) is 3.79. The zero-order valence-corrected chi connectivity index (χ0v) is 13.7. The van der Waals surface area contributed by atoms with Crippen LogP contribution in [0.25, 0.3) is 22.0 Å². The Morgan fingerprint density at radius 1 is 1.20 bits per heavy atom. The van der Waals surface area contributed by atoms with Crippen molar-refractivity contribution in [1.29, 1.82) is 0 Å². The number of aryl methyl sites for hydroxylation is 1. The van der Waals surface area contributed by atoms with Crippen molar-refractivity contribution in [3.05, 3.63) is 65.7 Å². The molecule has 126 valence electrons. The van der Waals surface area contributed by atoms with Gasteiger partial charge in [-0.15, -0.1) is 0 Å². The molecule has 0 spiro atoms. The highest BCUT2D eigenvalue weighted by atomic mass is 19.1. The number of nitrogens with one attached hydrogen (secondary N) is 1. The minimum absolute atomic E-state index is 0.0822. The summed E-state index contributed by atoms with van der Waals surface area (Å²) in [5.41, 5.74) is 3.43. The Bertz CT molecular complexity index is 974. The Morgan fingerprint density at radius 3 is 2.88 bits per heavy atom. The summed E-state index contributed by atoms with van der Waals surface area (Å²) in [6.45, 7) is -0.0822. The second-order valence-electron chi connectivity index (χ2n) is 6.20. The number of aromatic nitrogens is 2. The number of halogens is 1. The fraction of sp³-hybridized carbons (Fsp3) is 0.200. The van der Waals surface area contributed by atoms with E-state index >= 15 is 0 Å². The molecule has 0 radical (unpaired) electrons. The summed E-state index contributed by atoms with van der Waals surface area (Å²) >= 11 is 0. The van der Waals surface area contributed by atoms with Crippen molar-refractivity contribution in [2.24, 2.45) is 0 Å². The maximum atomic E-state index is 14.6. The second-order valence-corrected chi connectivity index (χ2v) is 6.20. The molecule has 1 aliphatic rings. The van der Waals surface area contributed by atoms with Crippen molar-refractivity contribution >= 4 is 22.8 Å². The molecule has 0 saturated heterocycles. The molecule has 1 amide bonds. The van der Waals surface area contributed by atoms with Crippen LogP contribution in [0.1, 0.15) is 24.1 Å². The first-order chi connectivity index (χ1) is 12.3. The average Bonchev–Trinajstić information content (AvgIpc) is 3.10. The average molecular weight is 335 g/mol. The van der Waals surface area contributed by atoms with Gasteiger partial charge in [0, 0.05) is 5.57 Å². The number of benzene rings is 2. The molecule has 2 aromatic carbocycles. The number of hydrogen-bond acceptors (Lipinski definition) is 2. The fourth-order valence-corrected chi connectivity index (χ4v) is 3.47. The normalized spacial score (nSPS) is 15.7. The van der Waals surface area contributed by atoms with E-state index in [1.807, 2.05) is 29.1 Å². The summed E-state index contributed by atoms with van der Waals surface area (Å²) in [5, 5.41) is 9.20. The van der Waals surface area contributed by atoms with Crippen LogP contribution in [0.3, 0.4) is 0 Å². The number of fused-ring (bicyclic) bond motifs is 2. The first-order valence-corrected chi connectivity index (χ1v) is 8.39. The highest BCUT2D eigenvalue weighted by Crippen LogP contribution is 2.35. The molecule has 1 heterocycles. The van der Waals surface area contributed by atoms with E-state index in [1.165, 1.54) is 0 Å². The van der Waals surface area contributed by atoms with Crippen LogP contribution in [0.4, 0.5) is 4.39 Å². The molecule has 3 aromatic rings. The Labute approximate surface area is 145 Å². The molecule has 0 saturated carbocycles. The molecule has 1 aliphatic carbocycles. The molecule has 1 N–H and O–H groups in total. The van der Waals surface area contributed by atoms with Crippen LogP contribution in [0.2, 0.25) is 0 Å². The number of carbonyl (C=O) groups is 1. The summed E-state index contributed by atoms with van der Waals surface area (Å²) in [7, 11) is 0. The first-order valence-electron chi connectivity index (χ1n) is 8.39. The van der Waals surface area contributed by atoms with Crippen molar-refractivity contribution < 1.29 is 9.18 Å². The molecular formula is C20H18FN3O. The van der Waals surface area contributed by atoms with E-state index in [-0.39, 0.29) is 12.4 Å². The lowest BCUT2D eigenvalue weighted by atomic mass is 9.92. The van der Waals surface area contributed by atoms with Crippen LogP contribution in [0, 0.1) is 0 Å². The summed E-state index contributed by atoms with van der Waals surface area (Å²) in [4.78, 5) is 10.5. The monoisotopic (exact) mass is 335 g/mol. The fourth-order valence-electron chi connectivity index (χ4n) is 3.47.